The molecule has 1 aliphatic heterocycles. The summed E-state index contributed by atoms with van der Waals surface area (Å²) in [5.74, 6) is -1.01. The molecular formula is C15H22N2O3. The minimum absolute atomic E-state index is 0.0556. The summed E-state index contributed by atoms with van der Waals surface area (Å²) in [6.45, 7) is 4.71. The van der Waals surface area contributed by atoms with Gasteiger partial charge in [-0.2, -0.15) is 0 Å². The van der Waals surface area contributed by atoms with Gasteiger partial charge in [0.25, 0.3) is 0 Å². The maximum absolute atomic E-state index is 12.0. The van der Waals surface area contributed by atoms with Crippen LogP contribution in [-0.4, -0.2) is 33.4 Å². The SMILES string of the molecule is CC.O=C(O)CCC(=O)N1CCCC1c1cccnc1. The highest BCUT2D eigenvalue weighted by Gasteiger charge is 2.29. The van der Waals surface area contributed by atoms with Gasteiger partial charge < -0.3 is 10.0 Å². The van der Waals surface area contributed by atoms with Crippen molar-refractivity contribution >= 4 is 11.9 Å². The van der Waals surface area contributed by atoms with Crippen molar-refractivity contribution in [2.45, 2.75) is 45.6 Å². The van der Waals surface area contributed by atoms with Crippen molar-refractivity contribution < 1.29 is 14.7 Å². The molecule has 5 nitrogen and oxygen atoms in total. The Morgan fingerprint density at radius 3 is 2.75 bits per heavy atom. The van der Waals surface area contributed by atoms with E-state index in [0.717, 1.165) is 18.4 Å². The highest BCUT2D eigenvalue weighted by Crippen LogP contribution is 2.31. The zero-order chi connectivity index (χ0) is 15.0. The quantitative estimate of drug-likeness (QED) is 0.919. The standard InChI is InChI=1S/C13H16N2O3.C2H6/c16-12(5-6-13(17)18)15-8-2-4-11(15)10-3-1-7-14-9-10;1-2/h1,3,7,9,11H,2,4-6,8H2,(H,17,18);1-2H3. The molecule has 1 atom stereocenters. The molecule has 5 heteroatoms. The maximum Gasteiger partial charge on any atom is 0.303 e. The lowest BCUT2D eigenvalue weighted by molar-refractivity contribution is -0.141. The topological polar surface area (TPSA) is 70.5 Å². The Balaban J connectivity index is 0.000000956. The lowest BCUT2D eigenvalue weighted by atomic mass is 10.1. The van der Waals surface area contributed by atoms with Crippen LogP contribution in [0.15, 0.2) is 24.5 Å². The zero-order valence-corrected chi connectivity index (χ0v) is 12.1. The van der Waals surface area contributed by atoms with E-state index in [9.17, 15) is 9.59 Å². The Morgan fingerprint density at radius 2 is 2.15 bits per heavy atom. The van der Waals surface area contributed by atoms with Crippen LogP contribution in [0.4, 0.5) is 0 Å². The van der Waals surface area contributed by atoms with Crippen LogP contribution >= 0.6 is 0 Å². The second-order valence-electron chi connectivity index (χ2n) is 4.43. The number of hydrogen-bond donors (Lipinski definition) is 1. The maximum atomic E-state index is 12.0. The number of carboxylic acid groups (broad SMARTS) is 1. The molecule has 1 aromatic rings. The van der Waals surface area contributed by atoms with Crippen LogP contribution in [0.25, 0.3) is 0 Å². The van der Waals surface area contributed by atoms with Crippen molar-refractivity contribution in [3.63, 3.8) is 0 Å². The minimum Gasteiger partial charge on any atom is -0.481 e. The number of aliphatic carboxylic acids is 1. The number of carbonyl (C=O) groups excluding carboxylic acids is 1. The van der Waals surface area contributed by atoms with Gasteiger partial charge in [-0.15, -0.1) is 0 Å². The third-order valence-corrected chi connectivity index (χ3v) is 3.20. The van der Waals surface area contributed by atoms with E-state index in [2.05, 4.69) is 4.98 Å². The third-order valence-electron chi connectivity index (χ3n) is 3.20. The first-order valence-corrected chi connectivity index (χ1v) is 7.09. The molecule has 1 aliphatic rings. The van der Waals surface area contributed by atoms with Crippen molar-refractivity contribution in [1.82, 2.24) is 9.88 Å². The lowest BCUT2D eigenvalue weighted by Gasteiger charge is -2.24. The summed E-state index contributed by atoms with van der Waals surface area (Å²) >= 11 is 0. The van der Waals surface area contributed by atoms with Gasteiger partial charge in [0.1, 0.15) is 0 Å². The van der Waals surface area contributed by atoms with Crippen molar-refractivity contribution in [1.29, 1.82) is 0 Å². The highest BCUT2D eigenvalue weighted by atomic mass is 16.4. The van der Waals surface area contributed by atoms with Gasteiger partial charge >= 0.3 is 5.97 Å². The second kappa shape index (κ2) is 8.30. The predicted molar refractivity (Wildman–Crippen MR) is 76.1 cm³/mol. The van der Waals surface area contributed by atoms with E-state index in [4.69, 9.17) is 5.11 Å². The van der Waals surface area contributed by atoms with Crippen LogP contribution in [0.3, 0.4) is 0 Å². The Labute approximate surface area is 119 Å². The van der Waals surface area contributed by atoms with Crippen molar-refractivity contribution in [2.24, 2.45) is 0 Å². The summed E-state index contributed by atoms with van der Waals surface area (Å²) in [5, 5.41) is 8.61. The van der Waals surface area contributed by atoms with Gasteiger partial charge in [0.15, 0.2) is 0 Å². The first kappa shape index (κ1) is 16.1. The molecular weight excluding hydrogens is 256 g/mol. The Kier molecular flexibility index (Phi) is 6.70. The highest BCUT2D eigenvalue weighted by molar-refractivity contribution is 5.81. The van der Waals surface area contributed by atoms with E-state index in [0.29, 0.717) is 6.54 Å². The van der Waals surface area contributed by atoms with E-state index >= 15 is 0 Å². The molecule has 1 fully saturated rings. The van der Waals surface area contributed by atoms with Crippen molar-refractivity contribution in [3.8, 4) is 0 Å². The molecule has 1 saturated heterocycles. The average molecular weight is 278 g/mol. The summed E-state index contributed by atoms with van der Waals surface area (Å²) in [6, 6.07) is 3.87. The molecule has 2 heterocycles. The van der Waals surface area contributed by atoms with Crippen molar-refractivity contribution in [3.05, 3.63) is 30.1 Å². The summed E-state index contributed by atoms with van der Waals surface area (Å²) in [4.78, 5) is 28.3. The molecule has 110 valence electrons. The predicted octanol–water partition coefficient (Wildman–Crippen LogP) is 2.64. The van der Waals surface area contributed by atoms with Crippen LogP contribution < -0.4 is 0 Å². The van der Waals surface area contributed by atoms with E-state index < -0.39 is 5.97 Å². The molecule has 0 spiro atoms. The average Bonchev–Trinajstić information content (AvgIpc) is 2.97. The van der Waals surface area contributed by atoms with Crippen LogP contribution in [0.2, 0.25) is 0 Å². The first-order valence-electron chi connectivity index (χ1n) is 7.09. The minimum atomic E-state index is -0.930. The molecule has 0 aromatic carbocycles. The fraction of sp³-hybridized carbons (Fsp3) is 0.533. The molecule has 1 unspecified atom stereocenters. The number of carbonyl (C=O) groups is 2. The molecule has 0 aliphatic carbocycles. The number of rotatable bonds is 4. The molecule has 1 N–H and O–H groups in total. The summed E-state index contributed by atoms with van der Waals surface area (Å²) < 4.78 is 0. The van der Waals surface area contributed by atoms with Crippen LogP contribution in [0, 0.1) is 0 Å². The third kappa shape index (κ3) is 4.33. The van der Waals surface area contributed by atoms with Gasteiger partial charge in [0.2, 0.25) is 5.91 Å². The molecule has 0 bridgehead atoms. The molecule has 20 heavy (non-hydrogen) atoms. The summed E-state index contributed by atoms with van der Waals surface area (Å²) in [5.41, 5.74) is 1.03. The van der Waals surface area contributed by atoms with Gasteiger partial charge in [-0.1, -0.05) is 19.9 Å². The number of aromatic nitrogens is 1. The summed E-state index contributed by atoms with van der Waals surface area (Å²) in [7, 11) is 0. The van der Waals surface area contributed by atoms with E-state index in [1.54, 1.807) is 17.3 Å². The van der Waals surface area contributed by atoms with E-state index in [1.807, 2.05) is 26.0 Å². The first-order chi connectivity index (χ1) is 9.68. The van der Waals surface area contributed by atoms with Gasteiger partial charge in [-0.3, -0.25) is 14.6 Å². The lowest BCUT2D eigenvalue weighted by Crippen LogP contribution is -2.30. The monoisotopic (exact) mass is 278 g/mol. The van der Waals surface area contributed by atoms with Gasteiger partial charge in [-0.05, 0) is 24.5 Å². The van der Waals surface area contributed by atoms with Gasteiger partial charge in [0.05, 0.1) is 12.5 Å². The smallest absolute Gasteiger partial charge is 0.303 e. The number of pyridine rings is 1. The van der Waals surface area contributed by atoms with Crippen LogP contribution in [0.1, 0.15) is 51.1 Å². The number of likely N-dealkylation sites (tertiary alicyclic amines) is 1. The number of amides is 1. The van der Waals surface area contributed by atoms with Crippen LogP contribution in [-0.2, 0) is 9.59 Å². The van der Waals surface area contributed by atoms with Crippen LogP contribution in [0.5, 0.6) is 0 Å². The Bertz CT molecular complexity index is 434. The number of nitrogens with zero attached hydrogens (tertiary/aromatic N) is 2. The fourth-order valence-electron chi connectivity index (χ4n) is 2.34. The molecule has 0 radical (unpaired) electrons. The van der Waals surface area contributed by atoms with Crippen molar-refractivity contribution in [2.75, 3.05) is 6.54 Å². The Hall–Kier alpha value is -1.91. The van der Waals surface area contributed by atoms with E-state index in [-0.39, 0.29) is 24.8 Å². The molecule has 2 rings (SSSR count). The molecule has 1 aromatic heterocycles. The summed E-state index contributed by atoms with van der Waals surface area (Å²) in [6.07, 6.45) is 5.33. The second-order valence-corrected chi connectivity index (χ2v) is 4.43. The largest absolute Gasteiger partial charge is 0.481 e. The fourth-order valence-corrected chi connectivity index (χ4v) is 2.34. The number of carboxylic acids is 1. The number of hydrogen-bond acceptors (Lipinski definition) is 3. The molecule has 0 saturated carbocycles. The molecule has 1 amide bonds. The zero-order valence-electron chi connectivity index (χ0n) is 12.1. The Morgan fingerprint density at radius 1 is 1.40 bits per heavy atom. The van der Waals surface area contributed by atoms with Gasteiger partial charge in [0, 0.05) is 25.4 Å². The van der Waals surface area contributed by atoms with E-state index in [1.165, 1.54) is 0 Å². The van der Waals surface area contributed by atoms with Gasteiger partial charge in [-0.25, -0.2) is 0 Å². The normalized spacial score (nSPS) is 17.3.